The Morgan fingerprint density at radius 1 is 1.42 bits per heavy atom. The van der Waals surface area contributed by atoms with Gasteiger partial charge in [-0.05, 0) is 59.7 Å². The summed E-state index contributed by atoms with van der Waals surface area (Å²) in [5.74, 6) is 2.40. The Hall–Kier alpha value is -1.10. The molecule has 2 fully saturated rings. The Morgan fingerprint density at radius 2 is 2.11 bits per heavy atom. The van der Waals surface area contributed by atoms with Gasteiger partial charge in [-0.1, -0.05) is 0 Å². The molecule has 0 radical (unpaired) electrons. The van der Waals surface area contributed by atoms with E-state index in [0.29, 0.717) is 11.8 Å². The van der Waals surface area contributed by atoms with Crippen molar-refractivity contribution in [1.29, 1.82) is 0 Å². The highest BCUT2D eigenvalue weighted by molar-refractivity contribution is 9.10. The van der Waals surface area contributed by atoms with E-state index in [4.69, 9.17) is 0 Å². The predicted octanol–water partition coefficient (Wildman–Crippen LogP) is 2.20. The van der Waals surface area contributed by atoms with Crippen molar-refractivity contribution in [2.45, 2.75) is 25.3 Å². The van der Waals surface area contributed by atoms with Crippen LogP contribution in [-0.4, -0.2) is 30.0 Å². The molecule has 1 N–H and O–H groups in total. The summed E-state index contributed by atoms with van der Waals surface area (Å²) in [4.78, 5) is 17.5. The number of nitrogens with zero attached hydrogens (tertiary/aromatic N) is 2. The van der Waals surface area contributed by atoms with Crippen molar-refractivity contribution in [1.82, 2.24) is 10.3 Å². The SMILES string of the molecule is CC1(NC=O)CC2CN(c3ccc(Br)cn3)CC2C1. The van der Waals surface area contributed by atoms with Gasteiger partial charge in [-0.2, -0.15) is 0 Å². The summed E-state index contributed by atoms with van der Waals surface area (Å²) in [6, 6.07) is 4.10. The summed E-state index contributed by atoms with van der Waals surface area (Å²) in [6.45, 7) is 4.26. The minimum Gasteiger partial charge on any atom is -0.356 e. The molecule has 4 nitrogen and oxygen atoms in total. The van der Waals surface area contributed by atoms with E-state index in [-0.39, 0.29) is 5.54 Å². The van der Waals surface area contributed by atoms with Crippen molar-refractivity contribution >= 4 is 28.2 Å². The Morgan fingerprint density at radius 3 is 2.63 bits per heavy atom. The maximum absolute atomic E-state index is 10.7. The van der Waals surface area contributed by atoms with E-state index in [9.17, 15) is 4.79 Å². The van der Waals surface area contributed by atoms with Crippen LogP contribution in [0.15, 0.2) is 22.8 Å². The van der Waals surface area contributed by atoms with Gasteiger partial charge in [0.25, 0.3) is 0 Å². The smallest absolute Gasteiger partial charge is 0.207 e. The van der Waals surface area contributed by atoms with E-state index >= 15 is 0 Å². The Bertz CT molecular complexity index is 462. The third kappa shape index (κ3) is 2.48. The number of aromatic nitrogens is 1. The first-order chi connectivity index (χ1) is 9.09. The number of fused-ring (bicyclic) bond motifs is 1. The second-order valence-electron chi connectivity index (χ2n) is 5.99. The summed E-state index contributed by atoms with van der Waals surface area (Å²) < 4.78 is 1.01. The third-order valence-electron chi connectivity index (χ3n) is 4.45. The molecule has 102 valence electrons. The second-order valence-corrected chi connectivity index (χ2v) is 6.91. The number of halogens is 1. The zero-order chi connectivity index (χ0) is 13.5. The van der Waals surface area contributed by atoms with E-state index in [1.807, 2.05) is 12.3 Å². The van der Waals surface area contributed by atoms with Crippen LogP contribution in [0.25, 0.3) is 0 Å². The van der Waals surface area contributed by atoms with Gasteiger partial charge in [0.15, 0.2) is 0 Å². The summed E-state index contributed by atoms with van der Waals surface area (Å²) in [6.07, 6.45) is 4.84. The number of amides is 1. The standard InChI is InChI=1S/C14H18BrN3O/c1-14(17-9-19)4-10-7-18(8-11(10)5-14)13-3-2-12(15)6-16-13/h2-3,6,9-11H,4-5,7-8H2,1H3,(H,17,19). The lowest BCUT2D eigenvalue weighted by Gasteiger charge is -2.26. The number of carbonyl (C=O) groups excluding carboxylic acids is 1. The minimum atomic E-state index is -0.00365. The molecule has 1 aliphatic heterocycles. The van der Waals surface area contributed by atoms with Gasteiger partial charge >= 0.3 is 0 Å². The predicted molar refractivity (Wildman–Crippen MR) is 78.0 cm³/mol. The molecule has 2 aliphatic rings. The molecule has 1 amide bonds. The first kappa shape index (κ1) is 12.9. The molecule has 19 heavy (non-hydrogen) atoms. The summed E-state index contributed by atoms with van der Waals surface area (Å²) in [5.41, 5.74) is -0.00365. The number of hydrogen-bond donors (Lipinski definition) is 1. The van der Waals surface area contributed by atoms with Crippen LogP contribution in [0.5, 0.6) is 0 Å². The number of anilines is 1. The van der Waals surface area contributed by atoms with Gasteiger partial charge < -0.3 is 10.2 Å². The fraction of sp³-hybridized carbons (Fsp3) is 0.571. The van der Waals surface area contributed by atoms with Crippen LogP contribution >= 0.6 is 15.9 Å². The van der Waals surface area contributed by atoms with Crippen LogP contribution in [0.2, 0.25) is 0 Å². The molecule has 1 saturated heterocycles. The number of nitrogens with one attached hydrogen (secondary N) is 1. The van der Waals surface area contributed by atoms with Crippen LogP contribution in [-0.2, 0) is 4.79 Å². The second kappa shape index (κ2) is 4.78. The lowest BCUT2D eigenvalue weighted by molar-refractivity contribution is -0.111. The fourth-order valence-electron chi connectivity index (χ4n) is 3.64. The van der Waals surface area contributed by atoms with Gasteiger partial charge in [0.2, 0.25) is 6.41 Å². The Kier molecular flexibility index (Phi) is 3.25. The molecule has 1 aliphatic carbocycles. The van der Waals surface area contributed by atoms with Crippen LogP contribution in [0, 0.1) is 11.8 Å². The molecule has 2 atom stereocenters. The maximum atomic E-state index is 10.7. The average Bonchev–Trinajstić information content (AvgIpc) is 2.85. The average molecular weight is 324 g/mol. The fourth-order valence-corrected chi connectivity index (χ4v) is 3.88. The van der Waals surface area contributed by atoms with Crippen molar-refractivity contribution in [2.24, 2.45) is 11.8 Å². The molecule has 2 heterocycles. The molecule has 0 spiro atoms. The molecule has 1 aromatic rings. The van der Waals surface area contributed by atoms with Crippen LogP contribution in [0.3, 0.4) is 0 Å². The molecule has 5 heteroatoms. The normalized spacial score (nSPS) is 33.3. The van der Waals surface area contributed by atoms with Crippen LogP contribution in [0.4, 0.5) is 5.82 Å². The van der Waals surface area contributed by atoms with Crippen molar-refractivity contribution in [3.05, 3.63) is 22.8 Å². The number of rotatable bonds is 3. The highest BCUT2D eigenvalue weighted by atomic mass is 79.9. The molecule has 2 unspecified atom stereocenters. The molecular weight excluding hydrogens is 306 g/mol. The van der Waals surface area contributed by atoms with Gasteiger partial charge in [-0.25, -0.2) is 4.98 Å². The molecule has 0 bridgehead atoms. The van der Waals surface area contributed by atoms with E-state index < -0.39 is 0 Å². The third-order valence-corrected chi connectivity index (χ3v) is 4.91. The largest absolute Gasteiger partial charge is 0.356 e. The Balaban J connectivity index is 1.68. The lowest BCUT2D eigenvalue weighted by atomic mass is 9.98. The quantitative estimate of drug-likeness (QED) is 0.867. The number of pyridine rings is 1. The zero-order valence-corrected chi connectivity index (χ0v) is 12.6. The van der Waals surface area contributed by atoms with Gasteiger partial charge in [-0.15, -0.1) is 0 Å². The zero-order valence-electron chi connectivity index (χ0n) is 11.0. The van der Waals surface area contributed by atoms with Gasteiger partial charge in [0.05, 0.1) is 0 Å². The van der Waals surface area contributed by atoms with Crippen molar-refractivity contribution in [3.63, 3.8) is 0 Å². The van der Waals surface area contributed by atoms with Gasteiger partial charge in [-0.3, -0.25) is 4.79 Å². The summed E-state index contributed by atoms with van der Waals surface area (Å²) >= 11 is 3.41. The number of carbonyl (C=O) groups is 1. The highest BCUT2D eigenvalue weighted by Gasteiger charge is 2.46. The van der Waals surface area contributed by atoms with Crippen LogP contribution < -0.4 is 10.2 Å². The van der Waals surface area contributed by atoms with E-state index in [1.54, 1.807) is 0 Å². The van der Waals surface area contributed by atoms with E-state index in [2.05, 4.69) is 44.1 Å². The maximum Gasteiger partial charge on any atom is 0.207 e. The monoisotopic (exact) mass is 323 g/mol. The molecule has 0 aromatic carbocycles. The minimum absolute atomic E-state index is 0.00365. The van der Waals surface area contributed by atoms with Crippen molar-refractivity contribution in [2.75, 3.05) is 18.0 Å². The van der Waals surface area contributed by atoms with Crippen molar-refractivity contribution < 1.29 is 4.79 Å². The molecule has 1 saturated carbocycles. The summed E-state index contributed by atoms with van der Waals surface area (Å²) in [7, 11) is 0. The topological polar surface area (TPSA) is 45.2 Å². The number of hydrogen-bond acceptors (Lipinski definition) is 3. The molecular formula is C14H18BrN3O. The highest BCUT2D eigenvalue weighted by Crippen LogP contribution is 2.44. The van der Waals surface area contributed by atoms with E-state index in [1.165, 1.54) is 0 Å². The summed E-state index contributed by atoms with van der Waals surface area (Å²) in [5, 5.41) is 2.99. The Labute approximate surface area is 121 Å². The van der Waals surface area contributed by atoms with Gasteiger partial charge in [0, 0.05) is 29.3 Å². The first-order valence-corrected chi connectivity index (χ1v) is 7.47. The van der Waals surface area contributed by atoms with Crippen LogP contribution in [0.1, 0.15) is 19.8 Å². The first-order valence-electron chi connectivity index (χ1n) is 6.67. The molecule has 1 aromatic heterocycles. The lowest BCUT2D eigenvalue weighted by Crippen LogP contribution is -2.40. The molecule has 3 rings (SSSR count). The van der Waals surface area contributed by atoms with E-state index in [0.717, 1.165) is 42.6 Å². The van der Waals surface area contributed by atoms with Gasteiger partial charge in [0.1, 0.15) is 5.82 Å². The van der Waals surface area contributed by atoms with Crippen molar-refractivity contribution in [3.8, 4) is 0 Å².